The average molecular weight is 484 g/mol. The van der Waals surface area contributed by atoms with Gasteiger partial charge in [0.1, 0.15) is 17.6 Å². The normalized spacial score (nSPS) is 11.7. The predicted octanol–water partition coefficient (Wildman–Crippen LogP) is 3.33. The number of imidazole rings is 1. The highest BCUT2D eigenvalue weighted by Crippen LogP contribution is 2.22. The molecule has 0 saturated carbocycles. The molecule has 184 valence electrons. The Morgan fingerprint density at radius 1 is 1.11 bits per heavy atom. The van der Waals surface area contributed by atoms with Crippen molar-refractivity contribution < 1.29 is 14.4 Å². The molecule has 1 atom stereocenters. The summed E-state index contributed by atoms with van der Waals surface area (Å²) in [5.74, 6) is 7.44. The number of amides is 1. The number of aromatic nitrogens is 3. The minimum absolute atomic E-state index is 0.0871. The molecule has 4 rings (SSSR count). The van der Waals surface area contributed by atoms with Crippen LogP contribution >= 0.6 is 0 Å². The summed E-state index contributed by atoms with van der Waals surface area (Å²) in [6.45, 7) is 3.54. The summed E-state index contributed by atoms with van der Waals surface area (Å²) in [6.07, 6.45) is 2.80. The van der Waals surface area contributed by atoms with Crippen LogP contribution in [0.4, 0.5) is 0 Å². The number of carbonyl (C=O) groups is 1. The Kier molecular flexibility index (Phi) is 7.95. The van der Waals surface area contributed by atoms with E-state index >= 15 is 0 Å². The SMILES string of the molecule is C[C@H](O)c1nccn1Cc1cc(-c2ccc(C#Cc3ccc(C(=O)NCCN(C)C)cc3)cc2)on1. The fourth-order valence-corrected chi connectivity index (χ4v) is 3.58. The van der Waals surface area contributed by atoms with E-state index in [2.05, 4.69) is 27.3 Å². The van der Waals surface area contributed by atoms with Crippen molar-refractivity contribution in [2.75, 3.05) is 27.2 Å². The largest absolute Gasteiger partial charge is 0.385 e. The number of hydrogen-bond donors (Lipinski definition) is 2. The third-order valence-corrected chi connectivity index (χ3v) is 5.52. The van der Waals surface area contributed by atoms with Crippen LogP contribution in [0, 0.1) is 11.8 Å². The monoisotopic (exact) mass is 483 g/mol. The van der Waals surface area contributed by atoms with Crippen molar-refractivity contribution in [3.8, 4) is 23.2 Å². The van der Waals surface area contributed by atoms with Crippen molar-refractivity contribution in [3.63, 3.8) is 0 Å². The van der Waals surface area contributed by atoms with Gasteiger partial charge in [-0.1, -0.05) is 17.0 Å². The van der Waals surface area contributed by atoms with Crippen LogP contribution in [-0.2, 0) is 6.54 Å². The van der Waals surface area contributed by atoms with Gasteiger partial charge in [0.25, 0.3) is 5.91 Å². The predicted molar refractivity (Wildman–Crippen MR) is 137 cm³/mol. The standard InChI is InChI=1S/C28H29N5O3/c1-20(34)27-29-15-17-33(27)19-25-18-26(36-31-25)23-10-6-21(7-11-23)4-5-22-8-12-24(13-9-22)28(35)30-14-16-32(2)3/h6-13,15,17-18,20,34H,14,16,19H2,1-3H3,(H,30,35)/t20-/m0/s1. The zero-order valence-electron chi connectivity index (χ0n) is 20.6. The number of aliphatic hydroxyl groups excluding tert-OH is 1. The Morgan fingerprint density at radius 3 is 2.42 bits per heavy atom. The number of nitrogens with one attached hydrogen (secondary N) is 1. The van der Waals surface area contributed by atoms with Gasteiger partial charge < -0.3 is 24.4 Å². The summed E-state index contributed by atoms with van der Waals surface area (Å²) < 4.78 is 7.36. The Bertz CT molecular complexity index is 1360. The molecule has 0 spiro atoms. The smallest absolute Gasteiger partial charge is 0.251 e. The van der Waals surface area contributed by atoms with Gasteiger partial charge in [-0.25, -0.2) is 4.98 Å². The Labute approximate surface area is 210 Å². The molecule has 8 nitrogen and oxygen atoms in total. The average Bonchev–Trinajstić information content (AvgIpc) is 3.53. The second-order valence-corrected chi connectivity index (χ2v) is 8.74. The molecule has 1 amide bonds. The molecule has 0 saturated heterocycles. The molecule has 2 aromatic heterocycles. The number of likely N-dealkylation sites (N-methyl/N-ethyl adjacent to an activating group) is 1. The first kappa shape index (κ1) is 24.9. The second kappa shape index (κ2) is 11.5. The topological polar surface area (TPSA) is 96.4 Å². The van der Waals surface area contributed by atoms with E-state index in [0.29, 0.717) is 30.2 Å². The molecular formula is C28H29N5O3. The maximum atomic E-state index is 12.2. The zero-order chi connectivity index (χ0) is 25.5. The minimum Gasteiger partial charge on any atom is -0.385 e. The molecular weight excluding hydrogens is 454 g/mol. The van der Waals surface area contributed by atoms with Crippen LogP contribution in [0.25, 0.3) is 11.3 Å². The third-order valence-electron chi connectivity index (χ3n) is 5.52. The van der Waals surface area contributed by atoms with E-state index in [1.807, 2.05) is 66.0 Å². The number of benzene rings is 2. The van der Waals surface area contributed by atoms with Gasteiger partial charge in [0, 0.05) is 53.8 Å². The van der Waals surface area contributed by atoms with E-state index in [1.54, 1.807) is 31.5 Å². The highest BCUT2D eigenvalue weighted by molar-refractivity contribution is 5.94. The van der Waals surface area contributed by atoms with Gasteiger partial charge >= 0.3 is 0 Å². The molecule has 0 aliphatic rings. The zero-order valence-corrected chi connectivity index (χ0v) is 20.6. The molecule has 2 aromatic carbocycles. The minimum atomic E-state index is -0.657. The summed E-state index contributed by atoms with van der Waals surface area (Å²) in [5, 5.41) is 16.9. The van der Waals surface area contributed by atoms with Crippen molar-refractivity contribution in [2.45, 2.75) is 19.6 Å². The Morgan fingerprint density at radius 2 is 1.78 bits per heavy atom. The maximum Gasteiger partial charge on any atom is 0.251 e. The van der Waals surface area contributed by atoms with Crippen LogP contribution in [0.2, 0.25) is 0 Å². The van der Waals surface area contributed by atoms with E-state index in [1.165, 1.54) is 0 Å². The van der Waals surface area contributed by atoms with Crippen molar-refractivity contribution in [1.82, 2.24) is 24.9 Å². The van der Waals surface area contributed by atoms with Gasteiger partial charge in [-0.3, -0.25) is 4.79 Å². The first-order valence-corrected chi connectivity index (χ1v) is 11.7. The van der Waals surface area contributed by atoms with Crippen molar-refractivity contribution in [2.24, 2.45) is 0 Å². The summed E-state index contributed by atoms with van der Waals surface area (Å²) >= 11 is 0. The molecule has 8 heteroatoms. The molecule has 0 radical (unpaired) electrons. The lowest BCUT2D eigenvalue weighted by molar-refractivity contribution is 0.0951. The summed E-state index contributed by atoms with van der Waals surface area (Å²) in [5.41, 5.74) is 3.95. The van der Waals surface area contributed by atoms with Crippen molar-refractivity contribution >= 4 is 5.91 Å². The molecule has 2 N–H and O–H groups in total. The van der Waals surface area contributed by atoms with Gasteiger partial charge in [0.05, 0.1) is 6.54 Å². The van der Waals surface area contributed by atoms with E-state index in [-0.39, 0.29) is 5.91 Å². The van der Waals surface area contributed by atoms with Crippen molar-refractivity contribution in [3.05, 3.63) is 95.2 Å². The highest BCUT2D eigenvalue weighted by Gasteiger charge is 2.12. The fourth-order valence-electron chi connectivity index (χ4n) is 3.58. The number of nitrogens with zero attached hydrogens (tertiary/aromatic N) is 4. The molecule has 36 heavy (non-hydrogen) atoms. The molecule has 0 aliphatic carbocycles. The van der Waals surface area contributed by atoms with Gasteiger partial charge in [-0.05, 0) is 69.6 Å². The van der Waals surface area contributed by atoms with Crippen LogP contribution in [-0.4, -0.2) is 57.8 Å². The fraction of sp³-hybridized carbons (Fsp3) is 0.250. The van der Waals surface area contributed by atoms with Crippen LogP contribution in [0.5, 0.6) is 0 Å². The van der Waals surface area contributed by atoms with E-state index < -0.39 is 6.10 Å². The lowest BCUT2D eigenvalue weighted by Crippen LogP contribution is -2.31. The molecule has 2 heterocycles. The van der Waals surface area contributed by atoms with Crippen LogP contribution in [0.1, 0.15) is 46.0 Å². The maximum absolute atomic E-state index is 12.2. The van der Waals surface area contributed by atoms with Gasteiger partial charge in [-0.2, -0.15) is 0 Å². The van der Waals surface area contributed by atoms with E-state index in [0.717, 1.165) is 28.9 Å². The molecule has 4 aromatic rings. The second-order valence-electron chi connectivity index (χ2n) is 8.74. The Balaban J connectivity index is 1.36. The van der Waals surface area contributed by atoms with Crippen LogP contribution in [0.15, 0.2) is 71.5 Å². The molecule has 0 unspecified atom stereocenters. The first-order chi connectivity index (χ1) is 17.4. The third kappa shape index (κ3) is 6.48. The molecule has 0 bridgehead atoms. The van der Waals surface area contributed by atoms with E-state index in [9.17, 15) is 9.90 Å². The summed E-state index contributed by atoms with van der Waals surface area (Å²) in [6, 6.07) is 16.9. The van der Waals surface area contributed by atoms with Crippen LogP contribution in [0.3, 0.4) is 0 Å². The lowest BCUT2D eigenvalue weighted by atomic mass is 10.1. The molecule has 0 aliphatic heterocycles. The summed E-state index contributed by atoms with van der Waals surface area (Å²) in [4.78, 5) is 18.4. The number of rotatable bonds is 8. The van der Waals surface area contributed by atoms with Crippen molar-refractivity contribution in [1.29, 1.82) is 0 Å². The molecule has 0 fully saturated rings. The van der Waals surface area contributed by atoms with Gasteiger partial charge in [0.15, 0.2) is 5.76 Å². The highest BCUT2D eigenvalue weighted by atomic mass is 16.5. The lowest BCUT2D eigenvalue weighted by Gasteiger charge is -2.10. The first-order valence-electron chi connectivity index (χ1n) is 11.7. The number of carbonyl (C=O) groups excluding carboxylic acids is 1. The van der Waals surface area contributed by atoms with Crippen LogP contribution < -0.4 is 5.32 Å². The van der Waals surface area contributed by atoms with Gasteiger partial charge in [0.2, 0.25) is 0 Å². The number of aliphatic hydroxyl groups is 1. The van der Waals surface area contributed by atoms with Gasteiger partial charge in [-0.15, -0.1) is 0 Å². The number of hydrogen-bond acceptors (Lipinski definition) is 6. The van der Waals surface area contributed by atoms with E-state index in [4.69, 9.17) is 4.52 Å². The Hall–Kier alpha value is -4.19. The quantitative estimate of drug-likeness (QED) is 0.373. The summed E-state index contributed by atoms with van der Waals surface area (Å²) in [7, 11) is 3.94.